The number of hydrogen-bond donors (Lipinski definition) is 2. The van der Waals surface area contributed by atoms with Crippen molar-refractivity contribution < 1.29 is 4.74 Å². The highest BCUT2D eigenvalue weighted by molar-refractivity contribution is 5.98. The van der Waals surface area contributed by atoms with Crippen molar-refractivity contribution in [1.29, 1.82) is 0 Å². The molecule has 0 aliphatic carbocycles. The average Bonchev–Trinajstić information content (AvgIpc) is 2.35. The molecule has 0 unspecified atom stereocenters. The molecule has 4 heteroatoms. The summed E-state index contributed by atoms with van der Waals surface area (Å²) in [4.78, 5) is 4.33. The standard InChI is InChI=1S/C13H21N3O/c1-10(2)11-4-6-12(7-5-11)13(16-14)15-8-9-17-3/h4-7,10H,8-9,14H2,1-3H3,(H,15,16). The zero-order valence-electron chi connectivity index (χ0n) is 10.7. The van der Waals surface area contributed by atoms with Crippen LogP contribution in [0.15, 0.2) is 29.3 Å². The van der Waals surface area contributed by atoms with Crippen LogP contribution in [-0.4, -0.2) is 26.1 Å². The molecule has 0 amide bonds. The van der Waals surface area contributed by atoms with Crippen LogP contribution in [0.3, 0.4) is 0 Å². The molecule has 0 aliphatic rings. The second kappa shape index (κ2) is 7.04. The summed E-state index contributed by atoms with van der Waals surface area (Å²) in [7, 11) is 1.66. The van der Waals surface area contributed by atoms with Crippen molar-refractivity contribution in [3.63, 3.8) is 0 Å². The highest BCUT2D eigenvalue weighted by atomic mass is 16.5. The first-order valence-electron chi connectivity index (χ1n) is 5.79. The van der Waals surface area contributed by atoms with Gasteiger partial charge in [0, 0.05) is 12.7 Å². The minimum atomic E-state index is 0.531. The van der Waals surface area contributed by atoms with Crippen LogP contribution >= 0.6 is 0 Å². The normalized spacial score (nSPS) is 11.9. The molecule has 3 N–H and O–H groups in total. The van der Waals surface area contributed by atoms with E-state index in [1.165, 1.54) is 5.56 Å². The molecule has 0 bridgehead atoms. The van der Waals surface area contributed by atoms with E-state index in [4.69, 9.17) is 10.6 Å². The van der Waals surface area contributed by atoms with Crippen molar-refractivity contribution >= 4 is 5.84 Å². The van der Waals surface area contributed by atoms with Gasteiger partial charge >= 0.3 is 0 Å². The predicted molar refractivity (Wildman–Crippen MR) is 71.1 cm³/mol. The van der Waals surface area contributed by atoms with Crippen LogP contribution in [0.1, 0.15) is 30.9 Å². The van der Waals surface area contributed by atoms with Crippen molar-refractivity contribution in [3.8, 4) is 0 Å². The molecule has 1 aromatic carbocycles. The Morgan fingerprint density at radius 3 is 2.47 bits per heavy atom. The Morgan fingerprint density at radius 1 is 1.35 bits per heavy atom. The number of benzene rings is 1. The van der Waals surface area contributed by atoms with Gasteiger partial charge in [-0.15, -0.1) is 0 Å². The van der Waals surface area contributed by atoms with E-state index >= 15 is 0 Å². The van der Waals surface area contributed by atoms with Crippen LogP contribution in [0.2, 0.25) is 0 Å². The fourth-order valence-electron chi connectivity index (χ4n) is 1.49. The number of hydrazine groups is 1. The molecule has 1 aromatic rings. The fourth-order valence-corrected chi connectivity index (χ4v) is 1.49. The first-order chi connectivity index (χ1) is 8.19. The number of hydrogen-bond acceptors (Lipinski definition) is 3. The first kappa shape index (κ1) is 13.7. The summed E-state index contributed by atoms with van der Waals surface area (Å²) < 4.78 is 4.95. The lowest BCUT2D eigenvalue weighted by atomic mass is 10.0. The second-order valence-corrected chi connectivity index (χ2v) is 4.14. The van der Waals surface area contributed by atoms with Gasteiger partial charge in [-0.3, -0.25) is 4.99 Å². The van der Waals surface area contributed by atoms with Crippen LogP contribution < -0.4 is 11.3 Å². The molecule has 0 fully saturated rings. The Bertz CT molecular complexity index is 357. The summed E-state index contributed by atoms with van der Waals surface area (Å²) in [5.41, 5.74) is 4.92. The third kappa shape index (κ3) is 4.17. The third-order valence-electron chi connectivity index (χ3n) is 2.55. The van der Waals surface area contributed by atoms with Gasteiger partial charge < -0.3 is 10.2 Å². The van der Waals surface area contributed by atoms with Gasteiger partial charge in [-0.1, -0.05) is 38.1 Å². The smallest absolute Gasteiger partial charge is 0.142 e. The first-order valence-corrected chi connectivity index (χ1v) is 5.79. The van der Waals surface area contributed by atoms with Crippen molar-refractivity contribution in [3.05, 3.63) is 35.4 Å². The van der Waals surface area contributed by atoms with Crippen molar-refractivity contribution in [1.82, 2.24) is 5.43 Å². The number of amidine groups is 1. The average molecular weight is 235 g/mol. The van der Waals surface area contributed by atoms with E-state index in [2.05, 4.69) is 36.4 Å². The number of nitrogens with one attached hydrogen (secondary N) is 1. The zero-order valence-corrected chi connectivity index (χ0v) is 10.7. The molecule has 0 atom stereocenters. The molecule has 0 aliphatic heterocycles. The Hall–Kier alpha value is -1.39. The number of rotatable bonds is 5. The maximum atomic E-state index is 5.46. The van der Waals surface area contributed by atoms with Gasteiger partial charge in [0.05, 0.1) is 13.2 Å². The minimum Gasteiger partial charge on any atom is -0.383 e. The predicted octanol–water partition coefficient (Wildman–Crippen LogP) is 1.67. The summed E-state index contributed by atoms with van der Waals surface area (Å²) in [6, 6.07) is 8.26. The van der Waals surface area contributed by atoms with E-state index in [-0.39, 0.29) is 0 Å². The lowest BCUT2D eigenvalue weighted by molar-refractivity contribution is 0.208. The van der Waals surface area contributed by atoms with E-state index in [1.807, 2.05) is 12.1 Å². The lowest BCUT2D eigenvalue weighted by Gasteiger charge is -2.09. The molecule has 0 radical (unpaired) electrons. The molecule has 1 rings (SSSR count). The maximum absolute atomic E-state index is 5.46. The largest absolute Gasteiger partial charge is 0.383 e. The van der Waals surface area contributed by atoms with Gasteiger partial charge in [0.1, 0.15) is 5.84 Å². The van der Waals surface area contributed by atoms with Gasteiger partial charge in [-0.05, 0) is 11.5 Å². The van der Waals surface area contributed by atoms with E-state index in [0.29, 0.717) is 24.9 Å². The molecular weight excluding hydrogens is 214 g/mol. The number of ether oxygens (including phenoxy) is 1. The van der Waals surface area contributed by atoms with Crippen LogP contribution in [0, 0.1) is 0 Å². The number of nitrogens with two attached hydrogens (primary N) is 1. The second-order valence-electron chi connectivity index (χ2n) is 4.14. The number of methoxy groups -OCH3 is 1. The van der Waals surface area contributed by atoms with E-state index < -0.39 is 0 Å². The molecule has 0 spiro atoms. The van der Waals surface area contributed by atoms with Gasteiger partial charge in [0.2, 0.25) is 0 Å². The Kier molecular flexibility index (Phi) is 5.66. The summed E-state index contributed by atoms with van der Waals surface area (Å²) in [6.45, 7) is 5.53. The maximum Gasteiger partial charge on any atom is 0.142 e. The monoisotopic (exact) mass is 235 g/mol. The number of nitrogens with zero attached hydrogens (tertiary/aromatic N) is 1. The number of aliphatic imine (C=N–C) groups is 1. The molecule has 0 aromatic heterocycles. The van der Waals surface area contributed by atoms with E-state index in [9.17, 15) is 0 Å². The molecular formula is C13H21N3O. The Morgan fingerprint density at radius 2 is 2.00 bits per heavy atom. The zero-order chi connectivity index (χ0) is 12.7. The summed E-state index contributed by atoms with van der Waals surface area (Å²) >= 11 is 0. The molecule has 0 saturated heterocycles. The molecule has 17 heavy (non-hydrogen) atoms. The molecule has 0 saturated carbocycles. The molecule has 4 nitrogen and oxygen atoms in total. The van der Waals surface area contributed by atoms with Gasteiger partial charge in [-0.25, -0.2) is 5.84 Å². The van der Waals surface area contributed by atoms with Crippen LogP contribution in [0.4, 0.5) is 0 Å². The Labute approximate surface area is 103 Å². The minimum absolute atomic E-state index is 0.531. The van der Waals surface area contributed by atoms with Crippen LogP contribution in [0.5, 0.6) is 0 Å². The molecule has 0 heterocycles. The summed E-state index contributed by atoms with van der Waals surface area (Å²) in [5.74, 6) is 6.69. The van der Waals surface area contributed by atoms with E-state index in [1.54, 1.807) is 7.11 Å². The van der Waals surface area contributed by atoms with Gasteiger partial charge in [0.15, 0.2) is 0 Å². The van der Waals surface area contributed by atoms with Gasteiger partial charge in [0.25, 0.3) is 0 Å². The highest BCUT2D eigenvalue weighted by Crippen LogP contribution is 2.14. The quantitative estimate of drug-likeness (QED) is 0.268. The van der Waals surface area contributed by atoms with E-state index in [0.717, 1.165) is 5.56 Å². The summed E-state index contributed by atoms with van der Waals surface area (Å²) in [5, 5.41) is 0. The summed E-state index contributed by atoms with van der Waals surface area (Å²) in [6.07, 6.45) is 0. The van der Waals surface area contributed by atoms with Crippen molar-refractivity contribution in [2.24, 2.45) is 10.8 Å². The topological polar surface area (TPSA) is 59.6 Å². The van der Waals surface area contributed by atoms with Gasteiger partial charge in [-0.2, -0.15) is 0 Å². The Balaban J connectivity index is 2.78. The van der Waals surface area contributed by atoms with Crippen LogP contribution in [-0.2, 0) is 4.74 Å². The lowest BCUT2D eigenvalue weighted by Crippen LogP contribution is -2.31. The van der Waals surface area contributed by atoms with Crippen LogP contribution in [0.25, 0.3) is 0 Å². The molecule has 94 valence electrons. The fraction of sp³-hybridized carbons (Fsp3) is 0.462. The van der Waals surface area contributed by atoms with Crippen molar-refractivity contribution in [2.75, 3.05) is 20.3 Å². The third-order valence-corrected chi connectivity index (χ3v) is 2.55. The van der Waals surface area contributed by atoms with Crippen molar-refractivity contribution in [2.45, 2.75) is 19.8 Å². The SMILES string of the molecule is COCCN=C(NN)c1ccc(C(C)C)cc1. The highest BCUT2D eigenvalue weighted by Gasteiger charge is 2.03.